The molecule has 4 heteroatoms. The Bertz CT molecular complexity index is 697. The second-order valence-corrected chi connectivity index (χ2v) is 6.77. The zero-order valence-corrected chi connectivity index (χ0v) is 14.7. The van der Waals surface area contributed by atoms with Gasteiger partial charge in [0.05, 0.1) is 7.11 Å². The lowest BCUT2D eigenvalue weighted by atomic mass is 9.97. The summed E-state index contributed by atoms with van der Waals surface area (Å²) in [6, 6.07) is 13.8. The molecule has 1 N–H and O–H groups in total. The van der Waals surface area contributed by atoms with Crippen molar-refractivity contribution in [2.45, 2.75) is 25.2 Å². The summed E-state index contributed by atoms with van der Waals surface area (Å²) in [6.07, 6.45) is 3.23. The number of ether oxygens (including phenoxy) is 1. The molecule has 1 amide bonds. The molecule has 23 heavy (non-hydrogen) atoms. The fourth-order valence-corrected chi connectivity index (χ4v) is 3.42. The number of rotatable bonds is 5. The molecule has 2 aromatic rings. The standard InChI is InChI=1S/C19H20BrNO2/c1-23-17-9-6-13-2-3-14(18(13)12-17)10-11-21-19(22)15-4-7-16(20)8-5-15/h4-9,12,14H,2-3,10-11H2,1H3,(H,21,22)/t14-/m0/s1. The number of halogens is 1. The number of aryl methyl sites for hydroxylation is 1. The highest BCUT2D eigenvalue weighted by molar-refractivity contribution is 9.10. The van der Waals surface area contributed by atoms with Gasteiger partial charge in [0.2, 0.25) is 0 Å². The maximum Gasteiger partial charge on any atom is 0.251 e. The summed E-state index contributed by atoms with van der Waals surface area (Å²) in [5, 5.41) is 3.02. The molecule has 0 unspecified atom stereocenters. The third-order valence-electron chi connectivity index (χ3n) is 4.44. The number of nitrogens with one attached hydrogen (secondary N) is 1. The Morgan fingerprint density at radius 2 is 2.04 bits per heavy atom. The van der Waals surface area contributed by atoms with E-state index >= 15 is 0 Å². The normalized spacial score (nSPS) is 16.0. The minimum atomic E-state index is -0.0126. The smallest absolute Gasteiger partial charge is 0.251 e. The molecule has 0 radical (unpaired) electrons. The van der Waals surface area contributed by atoms with Crippen LogP contribution in [0.25, 0.3) is 0 Å². The minimum Gasteiger partial charge on any atom is -0.497 e. The molecule has 3 rings (SSSR count). The number of methoxy groups -OCH3 is 1. The summed E-state index contributed by atoms with van der Waals surface area (Å²) in [5.74, 6) is 1.40. The Morgan fingerprint density at radius 3 is 2.78 bits per heavy atom. The van der Waals surface area contributed by atoms with Crippen molar-refractivity contribution in [3.8, 4) is 5.75 Å². The molecular formula is C19H20BrNO2. The first-order valence-corrected chi connectivity index (χ1v) is 8.67. The van der Waals surface area contributed by atoms with E-state index in [1.165, 1.54) is 11.1 Å². The summed E-state index contributed by atoms with van der Waals surface area (Å²) in [5.41, 5.74) is 3.49. The highest BCUT2D eigenvalue weighted by atomic mass is 79.9. The summed E-state index contributed by atoms with van der Waals surface area (Å²) >= 11 is 3.38. The van der Waals surface area contributed by atoms with Crippen molar-refractivity contribution in [1.82, 2.24) is 5.32 Å². The number of carbonyl (C=O) groups is 1. The Balaban J connectivity index is 1.56. The molecule has 0 heterocycles. The van der Waals surface area contributed by atoms with Gasteiger partial charge < -0.3 is 10.1 Å². The molecule has 0 aromatic heterocycles. The van der Waals surface area contributed by atoms with Gasteiger partial charge in [-0.15, -0.1) is 0 Å². The third-order valence-corrected chi connectivity index (χ3v) is 4.97. The zero-order chi connectivity index (χ0) is 16.2. The van der Waals surface area contributed by atoms with Crippen molar-refractivity contribution >= 4 is 21.8 Å². The van der Waals surface area contributed by atoms with Crippen molar-refractivity contribution in [3.05, 3.63) is 63.6 Å². The van der Waals surface area contributed by atoms with Crippen molar-refractivity contribution in [3.63, 3.8) is 0 Å². The van der Waals surface area contributed by atoms with Gasteiger partial charge in [0.25, 0.3) is 5.91 Å². The second kappa shape index (κ2) is 7.18. The topological polar surface area (TPSA) is 38.3 Å². The van der Waals surface area contributed by atoms with Gasteiger partial charge in [0, 0.05) is 16.6 Å². The monoisotopic (exact) mass is 373 g/mol. The first kappa shape index (κ1) is 16.1. The molecule has 0 saturated carbocycles. The third kappa shape index (κ3) is 3.75. The number of hydrogen-bond donors (Lipinski definition) is 1. The summed E-state index contributed by atoms with van der Waals surface area (Å²) < 4.78 is 6.30. The van der Waals surface area contributed by atoms with Crippen LogP contribution in [0.3, 0.4) is 0 Å². The van der Waals surface area contributed by atoms with Crippen LogP contribution in [0.4, 0.5) is 0 Å². The Kier molecular flexibility index (Phi) is 5.01. The molecule has 1 aliphatic carbocycles. The number of fused-ring (bicyclic) bond motifs is 1. The first-order valence-electron chi connectivity index (χ1n) is 7.88. The van der Waals surface area contributed by atoms with Crippen LogP contribution in [-0.4, -0.2) is 19.6 Å². The van der Waals surface area contributed by atoms with Crippen molar-refractivity contribution in [2.24, 2.45) is 0 Å². The van der Waals surface area contributed by atoms with Gasteiger partial charge in [-0.05, 0) is 72.7 Å². The van der Waals surface area contributed by atoms with E-state index in [2.05, 4.69) is 33.4 Å². The van der Waals surface area contributed by atoms with E-state index in [0.717, 1.165) is 29.5 Å². The van der Waals surface area contributed by atoms with E-state index in [0.29, 0.717) is 18.0 Å². The van der Waals surface area contributed by atoms with Gasteiger partial charge in [-0.2, -0.15) is 0 Å². The lowest BCUT2D eigenvalue weighted by Gasteiger charge is -2.13. The van der Waals surface area contributed by atoms with Crippen LogP contribution in [0.1, 0.15) is 40.2 Å². The number of carbonyl (C=O) groups excluding carboxylic acids is 1. The van der Waals surface area contributed by atoms with Crippen LogP contribution in [-0.2, 0) is 6.42 Å². The highest BCUT2D eigenvalue weighted by Crippen LogP contribution is 2.37. The van der Waals surface area contributed by atoms with Gasteiger partial charge in [0.1, 0.15) is 5.75 Å². The Labute approximate surface area is 145 Å². The van der Waals surface area contributed by atoms with Crippen LogP contribution in [0.5, 0.6) is 5.75 Å². The van der Waals surface area contributed by atoms with Crippen LogP contribution in [0.15, 0.2) is 46.9 Å². The van der Waals surface area contributed by atoms with Crippen molar-refractivity contribution in [2.75, 3.05) is 13.7 Å². The minimum absolute atomic E-state index is 0.0126. The molecule has 1 atom stereocenters. The lowest BCUT2D eigenvalue weighted by Crippen LogP contribution is -2.25. The highest BCUT2D eigenvalue weighted by Gasteiger charge is 2.22. The molecule has 0 spiro atoms. The van der Waals surface area contributed by atoms with E-state index in [4.69, 9.17) is 4.74 Å². The lowest BCUT2D eigenvalue weighted by molar-refractivity contribution is 0.0952. The zero-order valence-electron chi connectivity index (χ0n) is 13.1. The van der Waals surface area contributed by atoms with E-state index in [1.54, 1.807) is 7.11 Å². The average molecular weight is 374 g/mol. The largest absolute Gasteiger partial charge is 0.497 e. The molecule has 0 saturated heterocycles. The molecule has 0 bridgehead atoms. The van der Waals surface area contributed by atoms with Crippen molar-refractivity contribution < 1.29 is 9.53 Å². The predicted molar refractivity (Wildman–Crippen MR) is 95.1 cm³/mol. The van der Waals surface area contributed by atoms with Gasteiger partial charge >= 0.3 is 0 Å². The predicted octanol–water partition coefficient (Wildman–Crippen LogP) is 4.31. The molecule has 2 aromatic carbocycles. The second-order valence-electron chi connectivity index (χ2n) is 5.85. The van der Waals surface area contributed by atoms with Crippen LogP contribution in [0.2, 0.25) is 0 Å². The van der Waals surface area contributed by atoms with E-state index in [1.807, 2.05) is 30.3 Å². The van der Waals surface area contributed by atoms with Crippen LogP contribution in [0, 0.1) is 0 Å². The number of benzene rings is 2. The fourth-order valence-electron chi connectivity index (χ4n) is 3.16. The van der Waals surface area contributed by atoms with Gasteiger partial charge in [-0.25, -0.2) is 0 Å². The number of hydrogen-bond acceptors (Lipinski definition) is 2. The van der Waals surface area contributed by atoms with Crippen molar-refractivity contribution in [1.29, 1.82) is 0 Å². The Hall–Kier alpha value is -1.81. The summed E-state index contributed by atoms with van der Waals surface area (Å²) in [7, 11) is 1.70. The van der Waals surface area contributed by atoms with Gasteiger partial charge in [-0.3, -0.25) is 4.79 Å². The average Bonchev–Trinajstić information content (AvgIpc) is 2.97. The molecule has 0 fully saturated rings. The van der Waals surface area contributed by atoms with Gasteiger partial charge in [-0.1, -0.05) is 22.0 Å². The van der Waals surface area contributed by atoms with E-state index in [9.17, 15) is 4.79 Å². The maximum absolute atomic E-state index is 12.1. The summed E-state index contributed by atoms with van der Waals surface area (Å²) in [6.45, 7) is 0.691. The molecule has 3 nitrogen and oxygen atoms in total. The molecule has 0 aliphatic heterocycles. The van der Waals surface area contributed by atoms with E-state index in [-0.39, 0.29) is 5.91 Å². The molecular weight excluding hydrogens is 354 g/mol. The first-order chi connectivity index (χ1) is 11.2. The van der Waals surface area contributed by atoms with Crippen LogP contribution < -0.4 is 10.1 Å². The maximum atomic E-state index is 12.1. The van der Waals surface area contributed by atoms with Crippen LogP contribution >= 0.6 is 15.9 Å². The Morgan fingerprint density at radius 1 is 1.26 bits per heavy atom. The van der Waals surface area contributed by atoms with Gasteiger partial charge in [0.15, 0.2) is 0 Å². The molecule has 120 valence electrons. The fraction of sp³-hybridized carbons (Fsp3) is 0.316. The number of amides is 1. The quantitative estimate of drug-likeness (QED) is 0.847. The SMILES string of the molecule is COc1ccc2c(c1)[C@H](CCNC(=O)c1ccc(Br)cc1)CC2. The molecule has 1 aliphatic rings. The summed E-state index contributed by atoms with van der Waals surface area (Å²) in [4.78, 5) is 12.1. The van der Waals surface area contributed by atoms with E-state index < -0.39 is 0 Å².